The lowest BCUT2D eigenvalue weighted by Crippen LogP contribution is -2.03. The number of hydrogen-bond donors (Lipinski definition) is 0. The van der Waals surface area contributed by atoms with E-state index in [1.54, 1.807) is 18.2 Å². The maximum atomic E-state index is 11.7. The molecule has 2 aromatic rings. The molecular formula is C18H16O2. The van der Waals surface area contributed by atoms with E-state index in [0.29, 0.717) is 5.75 Å². The summed E-state index contributed by atoms with van der Waals surface area (Å²) in [4.78, 5) is 11.7. The Hall–Kier alpha value is -2.61. The highest BCUT2D eigenvalue weighted by Crippen LogP contribution is 2.17. The molecule has 0 fully saturated rings. The third-order valence-electron chi connectivity index (χ3n) is 2.78. The molecule has 2 aromatic carbocycles. The van der Waals surface area contributed by atoms with Gasteiger partial charge in [0, 0.05) is 6.08 Å². The number of esters is 1. The van der Waals surface area contributed by atoms with Crippen LogP contribution in [0.5, 0.6) is 5.75 Å². The molecule has 0 aliphatic carbocycles. The molecule has 0 bridgehead atoms. The summed E-state index contributed by atoms with van der Waals surface area (Å²) in [6.07, 6.45) is 3.15. The lowest BCUT2D eigenvalue weighted by molar-refractivity contribution is -0.128. The van der Waals surface area contributed by atoms with Crippen LogP contribution in [-0.4, -0.2) is 5.97 Å². The largest absolute Gasteiger partial charge is 0.423 e. The molecule has 0 radical (unpaired) electrons. The van der Waals surface area contributed by atoms with Gasteiger partial charge in [-0.2, -0.15) is 0 Å². The fraction of sp³-hybridized carbons (Fsp3) is 0.0556. The summed E-state index contributed by atoms with van der Waals surface area (Å²) >= 11 is 0. The molecule has 0 aromatic heterocycles. The molecule has 0 heterocycles. The predicted octanol–water partition coefficient (Wildman–Crippen LogP) is 4.34. The van der Waals surface area contributed by atoms with Gasteiger partial charge in [-0.1, -0.05) is 54.6 Å². The molecule has 0 amide bonds. The van der Waals surface area contributed by atoms with E-state index >= 15 is 0 Å². The SMILES string of the molecule is C=C(C)c1ccc(OC(=O)C=Cc2ccccc2)cc1. The summed E-state index contributed by atoms with van der Waals surface area (Å²) < 4.78 is 5.22. The number of carbonyl (C=O) groups excluding carboxylic acids is 1. The van der Waals surface area contributed by atoms with Gasteiger partial charge in [-0.15, -0.1) is 0 Å². The third kappa shape index (κ3) is 3.95. The Kier molecular flexibility index (Phi) is 4.51. The minimum Gasteiger partial charge on any atom is -0.423 e. The van der Waals surface area contributed by atoms with Gasteiger partial charge >= 0.3 is 5.97 Å². The second-order valence-electron chi connectivity index (χ2n) is 4.47. The molecule has 20 heavy (non-hydrogen) atoms. The maximum absolute atomic E-state index is 11.7. The molecule has 100 valence electrons. The van der Waals surface area contributed by atoms with Crippen molar-refractivity contribution in [1.82, 2.24) is 0 Å². The van der Waals surface area contributed by atoms with E-state index in [1.165, 1.54) is 6.08 Å². The van der Waals surface area contributed by atoms with Crippen molar-refractivity contribution < 1.29 is 9.53 Å². The Bertz CT molecular complexity index is 622. The Morgan fingerprint density at radius 2 is 1.70 bits per heavy atom. The number of allylic oxidation sites excluding steroid dienone is 1. The quantitative estimate of drug-likeness (QED) is 0.466. The van der Waals surface area contributed by atoms with Crippen molar-refractivity contribution in [3.8, 4) is 5.75 Å². The first-order chi connectivity index (χ1) is 9.65. The minimum absolute atomic E-state index is 0.392. The van der Waals surface area contributed by atoms with Crippen molar-refractivity contribution in [3.05, 3.63) is 78.4 Å². The summed E-state index contributed by atoms with van der Waals surface area (Å²) in [6, 6.07) is 16.9. The zero-order valence-electron chi connectivity index (χ0n) is 11.4. The first-order valence-electron chi connectivity index (χ1n) is 6.36. The highest BCUT2D eigenvalue weighted by atomic mass is 16.5. The molecule has 0 saturated heterocycles. The molecule has 0 N–H and O–H groups in total. The standard InChI is InChI=1S/C18H16O2/c1-14(2)16-9-11-17(12-10-16)20-18(19)13-8-15-6-4-3-5-7-15/h3-13H,1H2,2H3. The number of carbonyl (C=O) groups is 1. The van der Waals surface area contributed by atoms with Gasteiger partial charge in [-0.3, -0.25) is 0 Å². The van der Waals surface area contributed by atoms with E-state index in [2.05, 4.69) is 6.58 Å². The second kappa shape index (κ2) is 6.53. The minimum atomic E-state index is -0.392. The van der Waals surface area contributed by atoms with Crippen molar-refractivity contribution in [1.29, 1.82) is 0 Å². The average Bonchev–Trinajstić information content (AvgIpc) is 2.47. The fourth-order valence-electron chi connectivity index (χ4n) is 1.69. The van der Waals surface area contributed by atoms with Gasteiger partial charge in [0.1, 0.15) is 5.75 Å². The number of benzene rings is 2. The number of ether oxygens (including phenoxy) is 1. The molecule has 0 unspecified atom stereocenters. The molecule has 0 aliphatic rings. The molecular weight excluding hydrogens is 248 g/mol. The van der Waals surface area contributed by atoms with Crippen molar-refractivity contribution in [2.45, 2.75) is 6.92 Å². The van der Waals surface area contributed by atoms with E-state index in [0.717, 1.165) is 16.7 Å². The number of rotatable bonds is 4. The van der Waals surface area contributed by atoms with Crippen LogP contribution in [0.3, 0.4) is 0 Å². The van der Waals surface area contributed by atoms with Crippen molar-refractivity contribution in [2.75, 3.05) is 0 Å². The second-order valence-corrected chi connectivity index (χ2v) is 4.47. The van der Waals surface area contributed by atoms with Gasteiger partial charge in [-0.25, -0.2) is 4.79 Å². The summed E-state index contributed by atoms with van der Waals surface area (Å²) in [5.74, 6) is 0.134. The summed E-state index contributed by atoms with van der Waals surface area (Å²) in [7, 11) is 0. The van der Waals surface area contributed by atoms with Crippen molar-refractivity contribution >= 4 is 17.6 Å². The fourth-order valence-corrected chi connectivity index (χ4v) is 1.69. The zero-order valence-corrected chi connectivity index (χ0v) is 11.4. The van der Waals surface area contributed by atoms with Crippen LogP contribution in [0.15, 0.2) is 67.3 Å². The van der Waals surface area contributed by atoms with Gasteiger partial charge in [0.15, 0.2) is 0 Å². The van der Waals surface area contributed by atoms with Crippen LogP contribution < -0.4 is 4.74 Å². The third-order valence-corrected chi connectivity index (χ3v) is 2.78. The first-order valence-corrected chi connectivity index (χ1v) is 6.36. The molecule has 2 heteroatoms. The van der Waals surface area contributed by atoms with E-state index in [9.17, 15) is 4.79 Å². The van der Waals surface area contributed by atoms with Gasteiger partial charge < -0.3 is 4.74 Å². The van der Waals surface area contributed by atoms with Gasteiger partial charge in [-0.05, 0) is 36.3 Å². The van der Waals surface area contributed by atoms with Crippen LogP contribution in [0, 0.1) is 0 Å². The smallest absolute Gasteiger partial charge is 0.336 e. The summed E-state index contributed by atoms with van der Waals surface area (Å²) in [6.45, 7) is 5.79. The Balaban J connectivity index is 1.98. The lowest BCUT2D eigenvalue weighted by Gasteiger charge is -2.03. The highest BCUT2D eigenvalue weighted by Gasteiger charge is 2.01. The van der Waals surface area contributed by atoms with Crippen LogP contribution in [0.4, 0.5) is 0 Å². The van der Waals surface area contributed by atoms with Crippen LogP contribution in [0.25, 0.3) is 11.6 Å². The summed E-state index contributed by atoms with van der Waals surface area (Å²) in [5.41, 5.74) is 2.97. The average molecular weight is 264 g/mol. The highest BCUT2D eigenvalue weighted by molar-refractivity contribution is 5.88. The van der Waals surface area contributed by atoms with Gasteiger partial charge in [0.05, 0.1) is 0 Å². The monoisotopic (exact) mass is 264 g/mol. The Morgan fingerprint density at radius 3 is 2.30 bits per heavy atom. The maximum Gasteiger partial charge on any atom is 0.336 e. The molecule has 2 rings (SSSR count). The van der Waals surface area contributed by atoms with E-state index in [1.807, 2.05) is 49.4 Å². The Morgan fingerprint density at radius 1 is 1.05 bits per heavy atom. The van der Waals surface area contributed by atoms with Crippen LogP contribution in [0.1, 0.15) is 18.1 Å². The molecule has 2 nitrogen and oxygen atoms in total. The van der Waals surface area contributed by atoms with Crippen LogP contribution >= 0.6 is 0 Å². The van der Waals surface area contributed by atoms with Crippen LogP contribution in [-0.2, 0) is 4.79 Å². The molecule has 0 spiro atoms. The van der Waals surface area contributed by atoms with E-state index < -0.39 is 5.97 Å². The van der Waals surface area contributed by atoms with Gasteiger partial charge in [0.25, 0.3) is 0 Å². The first kappa shape index (κ1) is 13.8. The zero-order chi connectivity index (χ0) is 14.4. The predicted molar refractivity (Wildman–Crippen MR) is 82.3 cm³/mol. The van der Waals surface area contributed by atoms with Crippen LogP contribution in [0.2, 0.25) is 0 Å². The molecule has 0 aliphatic heterocycles. The van der Waals surface area contributed by atoms with Crippen molar-refractivity contribution in [2.24, 2.45) is 0 Å². The molecule has 0 atom stereocenters. The van der Waals surface area contributed by atoms with Gasteiger partial charge in [0.2, 0.25) is 0 Å². The number of hydrogen-bond acceptors (Lipinski definition) is 2. The lowest BCUT2D eigenvalue weighted by atomic mass is 10.1. The molecule has 0 saturated carbocycles. The summed E-state index contributed by atoms with van der Waals surface area (Å²) in [5, 5.41) is 0. The topological polar surface area (TPSA) is 26.3 Å². The Labute approximate surface area is 119 Å². The normalized spacial score (nSPS) is 10.4. The van der Waals surface area contributed by atoms with E-state index in [-0.39, 0.29) is 0 Å². The van der Waals surface area contributed by atoms with Crippen molar-refractivity contribution in [3.63, 3.8) is 0 Å². The van der Waals surface area contributed by atoms with E-state index in [4.69, 9.17) is 4.74 Å².